The van der Waals surface area contributed by atoms with E-state index >= 15 is 0 Å². The summed E-state index contributed by atoms with van der Waals surface area (Å²) >= 11 is 0. The quantitative estimate of drug-likeness (QED) is 0.0107. The third-order valence-corrected chi connectivity index (χ3v) is 19.4. The molecule has 0 bridgehead atoms. The molecule has 120 heavy (non-hydrogen) atoms. The number of aliphatic carboxylic acids is 2. The number of carbonyl (C=O) groups excluding carboxylic acids is 9. The van der Waals surface area contributed by atoms with Gasteiger partial charge in [-0.15, -0.1) is 0 Å². The second-order valence-corrected chi connectivity index (χ2v) is 29.3. The third kappa shape index (κ3) is 51.1. The minimum Gasteiger partial charge on any atom is -0.481 e. The highest BCUT2D eigenvalue weighted by Crippen LogP contribution is 2.30. The molecule has 0 aromatic carbocycles. The Labute approximate surface area is 707 Å². The first kappa shape index (κ1) is 105. The number of Topliss-reactive ketones (excluding diaryl/α,β-unsaturated/α-hetero) is 2. The summed E-state index contributed by atoms with van der Waals surface area (Å²) in [5.41, 5.74) is 0.423. The summed E-state index contributed by atoms with van der Waals surface area (Å²) in [7, 11) is 0. The standard InChI is InChI=1S/C17H30O5.C17H28O5.C17H16O5.C17H34O2.C15H12O5.C5H8O3.C5H4O2/c3*1-2-20-17(19)12-13(11-15-6-4-10-22-15)16(18)8-7-14-5-3-9-21-14;1-4-7-9-10-12-14-16(13-11-8-5-2)15-17(18)19-6-3;16-14(6-5-12-3-1-7-19-12)11(10-15(17)18)9-13-4-2-8-20-13;1-4(6)2-3-5(7)8;6-4-5-2-1-3-7-5/h13-16,18H,2-12H2,1H3;13-15H,2-12H2,1H3;3-11H,2,12H2,1H3;16H,4-15H2,1-3H3;1-9H,10H2,(H,17,18);2-3H2,1H3,(H,7,8);1-4H/b;;8-7+,13-11+;;6-5+,11-9+;;. The summed E-state index contributed by atoms with van der Waals surface area (Å²) < 4.78 is 67.6. The van der Waals surface area contributed by atoms with Crippen LogP contribution in [0.1, 0.15) is 281 Å². The molecule has 4 fully saturated rings. The molecule has 0 aliphatic carbocycles. The van der Waals surface area contributed by atoms with Gasteiger partial charge in [0.2, 0.25) is 0 Å². The lowest BCUT2D eigenvalue weighted by Gasteiger charge is -2.25. The van der Waals surface area contributed by atoms with Crippen LogP contribution in [0, 0.1) is 17.8 Å². The molecule has 0 amide bonds. The van der Waals surface area contributed by atoms with Crippen LogP contribution in [-0.4, -0.2) is 164 Å². The summed E-state index contributed by atoms with van der Waals surface area (Å²) in [4.78, 5) is 124. The van der Waals surface area contributed by atoms with E-state index < -0.39 is 29.8 Å². The van der Waals surface area contributed by atoms with Gasteiger partial charge < -0.3 is 80.1 Å². The topological polar surface area (TPSA) is 388 Å². The number of rotatable bonds is 48. The minimum atomic E-state index is -1.08. The molecule has 5 aromatic rings. The normalized spacial score (nSPS) is 17.0. The van der Waals surface area contributed by atoms with Crippen LogP contribution < -0.4 is 0 Å². The van der Waals surface area contributed by atoms with Gasteiger partial charge in [-0.05, 0) is 240 Å². The number of esters is 4. The number of aliphatic hydroxyl groups is 1. The summed E-state index contributed by atoms with van der Waals surface area (Å²) in [6, 6.07) is 16.8. The molecule has 8 unspecified atom stereocenters. The predicted octanol–water partition coefficient (Wildman–Crippen LogP) is 18.6. The number of aliphatic hydroxyl groups excluding tert-OH is 1. The fourth-order valence-electron chi connectivity index (χ4n) is 13.2. The first-order chi connectivity index (χ1) is 58.0. The third-order valence-electron chi connectivity index (χ3n) is 19.4. The molecule has 27 heteroatoms. The molecule has 8 atom stereocenters. The van der Waals surface area contributed by atoms with Gasteiger partial charge in [-0.3, -0.25) is 47.9 Å². The van der Waals surface area contributed by atoms with E-state index in [2.05, 4.69) is 18.3 Å². The average Bonchev–Trinajstić information content (AvgIpc) is 1.57. The molecule has 0 radical (unpaired) electrons. The molecule has 5 aromatic heterocycles. The maximum absolute atomic E-state index is 12.5. The highest BCUT2D eigenvalue weighted by atomic mass is 16.5. The number of carboxylic acid groups (broad SMARTS) is 2. The minimum absolute atomic E-state index is 0.00226. The van der Waals surface area contributed by atoms with Gasteiger partial charge in [0.15, 0.2) is 23.6 Å². The Bertz CT molecular complexity index is 3670. The molecule has 27 nitrogen and oxygen atoms in total. The number of carboxylic acids is 2. The lowest BCUT2D eigenvalue weighted by atomic mass is 9.88. The zero-order chi connectivity index (χ0) is 87.8. The van der Waals surface area contributed by atoms with E-state index in [-0.39, 0.29) is 128 Å². The second-order valence-electron chi connectivity index (χ2n) is 29.3. The Morgan fingerprint density at radius 1 is 0.442 bits per heavy atom. The van der Waals surface area contributed by atoms with Gasteiger partial charge in [-0.1, -0.05) is 65.2 Å². The zero-order valence-corrected chi connectivity index (χ0v) is 71.5. The van der Waals surface area contributed by atoms with Crippen molar-refractivity contribution in [2.75, 3.05) is 52.9 Å². The summed E-state index contributed by atoms with van der Waals surface area (Å²) in [6.07, 6.45) is 43.1. The number of unbranched alkanes of at least 4 members (excludes halogenated alkanes) is 6. The Morgan fingerprint density at radius 3 is 1.26 bits per heavy atom. The van der Waals surface area contributed by atoms with Crippen LogP contribution in [-0.2, 0) is 85.8 Å². The SMILES string of the molecule is CC(=O)CCC(=O)O.CCCCCCCC(CCCCC)CC(=O)OCC.CCOC(=O)C/C(=C\c1ccco1)C(=O)/C=C/c1ccco1.CCOC(=O)CC(CC1CCCO1)C(=O)CCC1CCCO1.CCOC(=O)CC(CC1CCCO1)C(O)CCC1CCCO1.O=C(O)C/C(=C\c1ccco1)C(=O)/C=C/c1ccco1.O=Cc1ccco1. The number of furan rings is 5. The van der Waals surface area contributed by atoms with Crippen LogP contribution in [0.5, 0.6) is 0 Å². The number of carbonyl (C=O) groups is 11. The van der Waals surface area contributed by atoms with E-state index in [1.807, 2.05) is 6.92 Å². The molecule has 0 spiro atoms. The maximum atomic E-state index is 12.5. The highest BCUT2D eigenvalue weighted by Gasteiger charge is 2.32. The van der Waals surface area contributed by atoms with E-state index in [9.17, 15) is 57.8 Å². The molecule has 666 valence electrons. The van der Waals surface area contributed by atoms with Crippen molar-refractivity contribution in [2.45, 2.75) is 278 Å². The van der Waals surface area contributed by atoms with Crippen molar-refractivity contribution in [3.63, 3.8) is 0 Å². The van der Waals surface area contributed by atoms with E-state index in [4.69, 9.17) is 65.8 Å². The fraction of sp³-hybridized carbons (Fsp3) is 0.581. The molecule has 3 N–H and O–H groups in total. The van der Waals surface area contributed by atoms with Gasteiger partial charge in [-0.2, -0.15) is 0 Å². The predicted molar refractivity (Wildman–Crippen MR) is 450 cm³/mol. The monoisotopic (exact) mass is 1680 g/mol. The van der Waals surface area contributed by atoms with Crippen molar-refractivity contribution in [3.8, 4) is 0 Å². The summed E-state index contributed by atoms with van der Waals surface area (Å²) in [5.74, 6) is -1.02. The molecule has 0 saturated carbocycles. The van der Waals surface area contributed by atoms with Crippen molar-refractivity contribution in [2.24, 2.45) is 17.8 Å². The van der Waals surface area contributed by atoms with E-state index in [0.717, 1.165) is 97.1 Å². The van der Waals surface area contributed by atoms with Crippen LogP contribution in [0.2, 0.25) is 0 Å². The number of hydrogen-bond donors (Lipinski definition) is 3. The Hall–Kier alpha value is -9.67. The molecule has 4 saturated heterocycles. The lowest BCUT2D eigenvalue weighted by molar-refractivity contribution is -0.147. The first-order valence-electron chi connectivity index (χ1n) is 42.7. The van der Waals surface area contributed by atoms with Crippen molar-refractivity contribution in [1.29, 1.82) is 0 Å². The van der Waals surface area contributed by atoms with Gasteiger partial charge in [0.25, 0.3) is 0 Å². The number of hydrogen-bond acceptors (Lipinski definition) is 25. The van der Waals surface area contributed by atoms with Crippen molar-refractivity contribution in [1.82, 2.24) is 0 Å². The van der Waals surface area contributed by atoms with E-state index in [0.29, 0.717) is 86.5 Å². The highest BCUT2D eigenvalue weighted by molar-refractivity contribution is 6.11. The zero-order valence-electron chi connectivity index (χ0n) is 71.5. The van der Waals surface area contributed by atoms with Crippen LogP contribution in [0.4, 0.5) is 0 Å². The Kier molecular flexibility index (Phi) is 57.6. The first-order valence-corrected chi connectivity index (χ1v) is 42.7. The molecule has 9 rings (SSSR count). The van der Waals surface area contributed by atoms with Gasteiger partial charge in [0.05, 0.1) is 120 Å². The van der Waals surface area contributed by atoms with E-state index in [1.54, 1.807) is 87.5 Å². The van der Waals surface area contributed by atoms with Crippen molar-refractivity contribution in [3.05, 3.63) is 144 Å². The number of ketones is 4. The molecular weight excluding hydrogens is 1550 g/mol. The average molecular weight is 1680 g/mol. The van der Waals surface area contributed by atoms with Crippen LogP contribution in [0.25, 0.3) is 24.3 Å². The fourth-order valence-corrected chi connectivity index (χ4v) is 13.2. The molecular formula is C93H132O27. The van der Waals surface area contributed by atoms with Crippen LogP contribution in [0.3, 0.4) is 0 Å². The largest absolute Gasteiger partial charge is 0.481 e. The smallest absolute Gasteiger partial charge is 0.310 e. The van der Waals surface area contributed by atoms with Gasteiger partial charge in [0, 0.05) is 62.8 Å². The van der Waals surface area contributed by atoms with Gasteiger partial charge >= 0.3 is 35.8 Å². The lowest BCUT2D eigenvalue weighted by Crippen LogP contribution is -2.29. The van der Waals surface area contributed by atoms with Crippen molar-refractivity contribution >= 4 is 89.5 Å². The van der Waals surface area contributed by atoms with Crippen LogP contribution in [0.15, 0.2) is 137 Å². The molecule has 4 aliphatic rings. The number of ether oxygens (including phenoxy) is 8. The summed E-state index contributed by atoms with van der Waals surface area (Å²) in [6.45, 7) is 17.8. The molecule has 4 aliphatic heterocycles. The number of allylic oxidation sites excluding steroid dienone is 2. The summed E-state index contributed by atoms with van der Waals surface area (Å²) in [5, 5.41) is 27.4. The number of aldehydes is 1. The Balaban J connectivity index is 0.000000371. The van der Waals surface area contributed by atoms with Crippen molar-refractivity contribution < 1.29 is 128 Å². The van der Waals surface area contributed by atoms with E-state index in [1.165, 1.54) is 133 Å². The van der Waals surface area contributed by atoms with Gasteiger partial charge in [0.1, 0.15) is 34.6 Å². The second kappa shape index (κ2) is 66.1. The maximum Gasteiger partial charge on any atom is 0.310 e. The van der Waals surface area contributed by atoms with Gasteiger partial charge in [-0.25, -0.2) is 0 Å². The van der Waals surface area contributed by atoms with Crippen LogP contribution >= 0.6 is 0 Å². The Morgan fingerprint density at radius 2 is 0.850 bits per heavy atom. The molecule has 9 heterocycles.